The SMILES string of the molecule is CCSCCCn1cccc1C#N. The summed E-state index contributed by atoms with van der Waals surface area (Å²) in [6, 6.07) is 5.95. The number of nitrogens with zero attached hydrogens (tertiary/aromatic N) is 2. The van der Waals surface area contributed by atoms with Gasteiger partial charge in [0.1, 0.15) is 11.8 Å². The van der Waals surface area contributed by atoms with Crippen LogP contribution < -0.4 is 0 Å². The van der Waals surface area contributed by atoms with E-state index in [4.69, 9.17) is 5.26 Å². The highest BCUT2D eigenvalue weighted by molar-refractivity contribution is 7.99. The van der Waals surface area contributed by atoms with Crippen LogP contribution in [0.3, 0.4) is 0 Å². The van der Waals surface area contributed by atoms with Crippen molar-refractivity contribution in [2.24, 2.45) is 0 Å². The fourth-order valence-corrected chi connectivity index (χ4v) is 1.81. The Hall–Kier alpha value is -0.880. The van der Waals surface area contributed by atoms with Crippen molar-refractivity contribution in [2.75, 3.05) is 11.5 Å². The lowest BCUT2D eigenvalue weighted by Crippen LogP contribution is -1.99. The molecule has 0 aliphatic heterocycles. The van der Waals surface area contributed by atoms with Gasteiger partial charge in [-0.1, -0.05) is 6.92 Å². The second kappa shape index (κ2) is 5.71. The number of nitriles is 1. The highest BCUT2D eigenvalue weighted by Gasteiger charge is 1.97. The van der Waals surface area contributed by atoms with Crippen LogP contribution in [0.1, 0.15) is 19.0 Å². The fourth-order valence-electron chi connectivity index (χ4n) is 1.19. The van der Waals surface area contributed by atoms with Crippen molar-refractivity contribution < 1.29 is 0 Å². The molecule has 0 amide bonds. The smallest absolute Gasteiger partial charge is 0.120 e. The lowest BCUT2D eigenvalue weighted by Gasteiger charge is -2.03. The maximum Gasteiger partial charge on any atom is 0.120 e. The molecule has 0 N–H and O–H groups in total. The summed E-state index contributed by atoms with van der Waals surface area (Å²) in [6.07, 6.45) is 3.11. The van der Waals surface area contributed by atoms with Crippen molar-refractivity contribution in [2.45, 2.75) is 19.9 Å². The minimum Gasteiger partial charge on any atom is -0.339 e. The van der Waals surface area contributed by atoms with Crippen LogP contribution in [0.2, 0.25) is 0 Å². The fraction of sp³-hybridized carbons (Fsp3) is 0.500. The molecule has 1 rings (SSSR count). The second-order valence-corrected chi connectivity index (χ2v) is 4.14. The van der Waals surface area contributed by atoms with Crippen LogP contribution in [-0.4, -0.2) is 16.1 Å². The summed E-state index contributed by atoms with van der Waals surface area (Å²) in [7, 11) is 0. The molecule has 0 aromatic carbocycles. The molecule has 1 aromatic rings. The van der Waals surface area contributed by atoms with Crippen LogP contribution in [0.15, 0.2) is 18.3 Å². The molecule has 13 heavy (non-hydrogen) atoms. The quantitative estimate of drug-likeness (QED) is 0.674. The summed E-state index contributed by atoms with van der Waals surface area (Å²) in [6.45, 7) is 3.13. The van der Waals surface area contributed by atoms with Gasteiger partial charge in [-0.15, -0.1) is 0 Å². The first kappa shape index (κ1) is 10.2. The molecule has 0 saturated heterocycles. The topological polar surface area (TPSA) is 28.7 Å². The normalized spacial score (nSPS) is 9.85. The van der Waals surface area contributed by atoms with Crippen molar-refractivity contribution in [3.63, 3.8) is 0 Å². The van der Waals surface area contributed by atoms with E-state index < -0.39 is 0 Å². The van der Waals surface area contributed by atoms with E-state index in [-0.39, 0.29) is 0 Å². The van der Waals surface area contributed by atoms with Gasteiger partial charge in [0.2, 0.25) is 0 Å². The molecule has 0 spiro atoms. The number of aryl methyl sites for hydroxylation is 1. The van der Waals surface area contributed by atoms with Crippen molar-refractivity contribution in [3.8, 4) is 6.07 Å². The molecular weight excluding hydrogens is 180 g/mol. The molecular formula is C10H14N2S. The van der Waals surface area contributed by atoms with Gasteiger partial charge in [-0.3, -0.25) is 0 Å². The van der Waals surface area contributed by atoms with Gasteiger partial charge >= 0.3 is 0 Å². The minimum absolute atomic E-state index is 0.765. The maximum atomic E-state index is 8.73. The molecule has 0 unspecified atom stereocenters. The number of aromatic nitrogens is 1. The first-order valence-electron chi connectivity index (χ1n) is 4.51. The van der Waals surface area contributed by atoms with Crippen LogP contribution in [-0.2, 0) is 6.54 Å². The van der Waals surface area contributed by atoms with Crippen molar-refractivity contribution in [1.29, 1.82) is 5.26 Å². The average molecular weight is 194 g/mol. The predicted molar refractivity (Wildman–Crippen MR) is 56.8 cm³/mol. The van der Waals surface area contributed by atoms with Gasteiger partial charge in [0.05, 0.1) is 0 Å². The summed E-state index contributed by atoms with van der Waals surface area (Å²) < 4.78 is 2.01. The van der Waals surface area contributed by atoms with Crippen LogP contribution in [0, 0.1) is 11.3 Å². The van der Waals surface area contributed by atoms with Crippen molar-refractivity contribution >= 4 is 11.8 Å². The van der Waals surface area contributed by atoms with Gasteiger partial charge < -0.3 is 4.57 Å². The Bertz CT molecular complexity index is 285. The van der Waals surface area contributed by atoms with E-state index >= 15 is 0 Å². The highest BCUT2D eigenvalue weighted by Crippen LogP contribution is 2.05. The third-order valence-corrected chi connectivity index (χ3v) is 2.82. The molecule has 0 aliphatic rings. The standard InChI is InChI=1S/C10H14N2S/c1-2-13-8-4-7-12-6-3-5-10(12)9-11/h3,5-6H,2,4,7-8H2,1H3. The van der Waals surface area contributed by atoms with E-state index in [9.17, 15) is 0 Å². The average Bonchev–Trinajstić information content (AvgIpc) is 2.60. The summed E-state index contributed by atoms with van der Waals surface area (Å²) in [5, 5.41) is 8.73. The molecule has 0 radical (unpaired) electrons. The summed E-state index contributed by atoms with van der Waals surface area (Å²) in [5.74, 6) is 2.36. The second-order valence-electron chi connectivity index (χ2n) is 2.75. The van der Waals surface area contributed by atoms with E-state index in [0.29, 0.717) is 0 Å². The molecule has 3 heteroatoms. The van der Waals surface area contributed by atoms with Crippen LogP contribution in [0.5, 0.6) is 0 Å². The van der Waals surface area contributed by atoms with Gasteiger partial charge in [-0.05, 0) is 30.1 Å². The number of thioether (sulfide) groups is 1. The molecule has 0 bridgehead atoms. The van der Waals surface area contributed by atoms with Gasteiger partial charge in [-0.25, -0.2) is 0 Å². The molecule has 1 heterocycles. The van der Waals surface area contributed by atoms with Crippen molar-refractivity contribution in [3.05, 3.63) is 24.0 Å². The van der Waals surface area contributed by atoms with E-state index in [1.165, 1.54) is 11.5 Å². The van der Waals surface area contributed by atoms with Gasteiger partial charge in [0.15, 0.2) is 0 Å². The summed E-state index contributed by atoms with van der Waals surface area (Å²) in [4.78, 5) is 0. The predicted octanol–water partition coefficient (Wildman–Crippen LogP) is 2.50. The molecule has 0 saturated carbocycles. The Kier molecular flexibility index (Phi) is 4.48. The maximum absolute atomic E-state index is 8.73. The number of hydrogen-bond donors (Lipinski definition) is 0. The lowest BCUT2D eigenvalue weighted by atomic mass is 10.4. The Morgan fingerprint density at radius 2 is 2.46 bits per heavy atom. The summed E-state index contributed by atoms with van der Waals surface area (Å²) in [5.41, 5.74) is 0.765. The van der Waals surface area contributed by atoms with Crippen LogP contribution >= 0.6 is 11.8 Å². The van der Waals surface area contributed by atoms with E-state index in [1.807, 2.05) is 34.7 Å². The Labute approximate surface area is 83.6 Å². The van der Waals surface area contributed by atoms with Gasteiger partial charge in [-0.2, -0.15) is 17.0 Å². The van der Waals surface area contributed by atoms with E-state index in [1.54, 1.807) is 0 Å². The minimum atomic E-state index is 0.765. The monoisotopic (exact) mass is 194 g/mol. The lowest BCUT2D eigenvalue weighted by molar-refractivity contribution is 0.681. The first-order chi connectivity index (χ1) is 6.38. The summed E-state index contributed by atoms with van der Waals surface area (Å²) >= 11 is 1.95. The Morgan fingerprint density at radius 1 is 1.62 bits per heavy atom. The van der Waals surface area contributed by atoms with Crippen molar-refractivity contribution in [1.82, 2.24) is 4.57 Å². The third kappa shape index (κ3) is 3.16. The molecule has 1 aromatic heterocycles. The zero-order valence-electron chi connectivity index (χ0n) is 7.86. The molecule has 0 atom stereocenters. The zero-order chi connectivity index (χ0) is 9.52. The first-order valence-corrected chi connectivity index (χ1v) is 5.67. The zero-order valence-corrected chi connectivity index (χ0v) is 8.68. The molecule has 0 aliphatic carbocycles. The van der Waals surface area contributed by atoms with Crippen LogP contribution in [0.4, 0.5) is 0 Å². The molecule has 70 valence electrons. The third-order valence-electron chi connectivity index (χ3n) is 1.84. The number of rotatable bonds is 5. The highest BCUT2D eigenvalue weighted by atomic mass is 32.2. The largest absolute Gasteiger partial charge is 0.339 e. The van der Waals surface area contributed by atoms with Gasteiger partial charge in [0, 0.05) is 12.7 Å². The van der Waals surface area contributed by atoms with E-state index in [2.05, 4.69) is 13.0 Å². The number of hydrogen-bond acceptors (Lipinski definition) is 2. The van der Waals surface area contributed by atoms with E-state index in [0.717, 1.165) is 18.7 Å². The molecule has 0 fully saturated rings. The van der Waals surface area contributed by atoms with Gasteiger partial charge in [0.25, 0.3) is 0 Å². The Balaban J connectivity index is 2.33. The Morgan fingerprint density at radius 3 is 3.15 bits per heavy atom. The molecule has 2 nitrogen and oxygen atoms in total. The van der Waals surface area contributed by atoms with Crippen LogP contribution in [0.25, 0.3) is 0 Å².